The molecule has 3 N–H and O–H groups in total. The standard InChI is InChI=1S/C24H22N6O/c1-15-8-9-17(14-25)12-19(15)24(31)27-16(2)20-13-23(30-11-10-22(26-3)29-30)28-21-7-5-4-6-18(20)21/h4-13,16H,14,25H2,1-2H3,(H,27,31). The Bertz CT molecular complexity index is 1320. The van der Waals surface area contributed by atoms with Crippen LogP contribution in [0.5, 0.6) is 0 Å². The lowest BCUT2D eigenvalue weighted by Gasteiger charge is -2.18. The number of nitrogens with one attached hydrogen (secondary N) is 1. The largest absolute Gasteiger partial charge is 0.359 e. The Hall–Kier alpha value is -4.02. The SMILES string of the molecule is [C-]#[N+]c1ccn(-c2cc(C(C)NC(=O)c3cc(CN)ccc3C)c3ccccc3n2)n1. The summed E-state index contributed by atoms with van der Waals surface area (Å²) in [6.07, 6.45) is 1.71. The van der Waals surface area contributed by atoms with Gasteiger partial charge in [0, 0.05) is 23.7 Å². The Kier molecular flexibility index (Phi) is 5.48. The lowest BCUT2D eigenvalue weighted by molar-refractivity contribution is 0.0939. The van der Waals surface area contributed by atoms with Gasteiger partial charge in [-0.2, -0.15) is 0 Å². The average molecular weight is 410 g/mol. The molecule has 2 heterocycles. The zero-order valence-corrected chi connectivity index (χ0v) is 17.3. The van der Waals surface area contributed by atoms with Crippen molar-refractivity contribution >= 4 is 22.6 Å². The molecule has 31 heavy (non-hydrogen) atoms. The topological polar surface area (TPSA) is 90.2 Å². The van der Waals surface area contributed by atoms with Crippen molar-refractivity contribution < 1.29 is 4.79 Å². The number of carbonyl (C=O) groups is 1. The van der Waals surface area contributed by atoms with Crippen molar-refractivity contribution in [2.75, 3.05) is 0 Å². The van der Waals surface area contributed by atoms with E-state index in [9.17, 15) is 4.79 Å². The molecule has 0 aliphatic carbocycles. The van der Waals surface area contributed by atoms with Gasteiger partial charge in [-0.1, -0.05) is 36.9 Å². The smallest absolute Gasteiger partial charge is 0.295 e. The van der Waals surface area contributed by atoms with Gasteiger partial charge in [0.05, 0.1) is 11.6 Å². The van der Waals surface area contributed by atoms with E-state index in [1.54, 1.807) is 16.9 Å². The molecule has 7 nitrogen and oxygen atoms in total. The third-order valence-electron chi connectivity index (χ3n) is 5.26. The van der Waals surface area contributed by atoms with Crippen molar-refractivity contribution in [1.29, 1.82) is 0 Å². The van der Waals surface area contributed by atoms with Gasteiger partial charge >= 0.3 is 0 Å². The quantitative estimate of drug-likeness (QED) is 0.482. The van der Waals surface area contributed by atoms with Gasteiger partial charge < -0.3 is 15.9 Å². The molecule has 0 aliphatic heterocycles. The second-order valence-corrected chi connectivity index (χ2v) is 7.37. The summed E-state index contributed by atoms with van der Waals surface area (Å²) in [5.74, 6) is 0.733. The van der Waals surface area contributed by atoms with Crippen molar-refractivity contribution in [3.8, 4) is 5.82 Å². The van der Waals surface area contributed by atoms with E-state index in [2.05, 4.69) is 20.2 Å². The van der Waals surface area contributed by atoms with E-state index in [1.165, 1.54) is 0 Å². The number of fused-ring (bicyclic) bond motifs is 1. The van der Waals surface area contributed by atoms with Crippen LogP contribution in [-0.4, -0.2) is 20.7 Å². The van der Waals surface area contributed by atoms with Gasteiger partial charge in [-0.15, -0.1) is 4.68 Å². The molecule has 154 valence electrons. The zero-order valence-electron chi connectivity index (χ0n) is 17.3. The minimum atomic E-state index is -0.282. The Morgan fingerprint density at radius 2 is 2.03 bits per heavy atom. The molecule has 2 aromatic carbocycles. The number of pyridine rings is 1. The number of carbonyl (C=O) groups excluding carboxylic acids is 1. The highest BCUT2D eigenvalue weighted by molar-refractivity contribution is 5.96. The van der Waals surface area contributed by atoms with Gasteiger partial charge in [0.15, 0.2) is 5.82 Å². The molecule has 0 saturated heterocycles. The van der Waals surface area contributed by atoms with Crippen molar-refractivity contribution in [1.82, 2.24) is 20.1 Å². The van der Waals surface area contributed by atoms with Crippen LogP contribution in [0.15, 0.2) is 60.8 Å². The third kappa shape index (κ3) is 4.02. The van der Waals surface area contributed by atoms with Crippen LogP contribution in [0.2, 0.25) is 0 Å². The minimum absolute atomic E-state index is 0.155. The summed E-state index contributed by atoms with van der Waals surface area (Å²) in [7, 11) is 0. The number of aromatic nitrogens is 3. The number of hydrogen-bond donors (Lipinski definition) is 2. The zero-order chi connectivity index (χ0) is 22.0. The van der Waals surface area contributed by atoms with Gasteiger partial charge in [0.2, 0.25) is 0 Å². The number of rotatable bonds is 5. The van der Waals surface area contributed by atoms with Crippen molar-refractivity contribution in [3.63, 3.8) is 0 Å². The summed E-state index contributed by atoms with van der Waals surface area (Å²) in [6.45, 7) is 11.4. The number of hydrogen-bond acceptors (Lipinski definition) is 4. The van der Waals surface area contributed by atoms with Crippen LogP contribution in [0.1, 0.15) is 40.0 Å². The second kappa shape index (κ2) is 8.38. The van der Waals surface area contributed by atoms with Gasteiger partial charge in [0.25, 0.3) is 11.7 Å². The van der Waals surface area contributed by atoms with Gasteiger partial charge in [-0.25, -0.2) is 4.98 Å². The maximum Gasteiger partial charge on any atom is 0.295 e. The first-order chi connectivity index (χ1) is 15.0. The lowest BCUT2D eigenvalue weighted by atomic mass is 10.0. The van der Waals surface area contributed by atoms with E-state index in [0.717, 1.165) is 27.6 Å². The summed E-state index contributed by atoms with van der Waals surface area (Å²) < 4.78 is 1.58. The molecule has 1 amide bonds. The summed E-state index contributed by atoms with van der Waals surface area (Å²) in [5.41, 5.74) is 9.87. The van der Waals surface area contributed by atoms with Crippen LogP contribution in [0, 0.1) is 13.5 Å². The molecule has 4 aromatic rings. The van der Waals surface area contributed by atoms with E-state index < -0.39 is 0 Å². The van der Waals surface area contributed by atoms with Crippen molar-refractivity contribution in [2.24, 2.45) is 5.73 Å². The van der Waals surface area contributed by atoms with Crippen LogP contribution in [0.4, 0.5) is 5.82 Å². The Morgan fingerprint density at radius 1 is 1.23 bits per heavy atom. The van der Waals surface area contributed by atoms with E-state index >= 15 is 0 Å². The molecule has 0 bridgehead atoms. The first-order valence-corrected chi connectivity index (χ1v) is 9.94. The van der Waals surface area contributed by atoms with Crippen LogP contribution in [-0.2, 0) is 6.54 Å². The summed E-state index contributed by atoms with van der Waals surface area (Å²) in [5, 5.41) is 8.30. The Morgan fingerprint density at radius 3 is 2.77 bits per heavy atom. The van der Waals surface area contributed by atoms with E-state index in [-0.39, 0.29) is 11.9 Å². The molecule has 1 atom stereocenters. The second-order valence-electron chi connectivity index (χ2n) is 7.37. The van der Waals surface area contributed by atoms with Gasteiger partial charge in [0.1, 0.15) is 0 Å². The summed E-state index contributed by atoms with van der Waals surface area (Å²) >= 11 is 0. The van der Waals surface area contributed by atoms with E-state index in [1.807, 2.05) is 62.4 Å². The molecule has 2 aromatic heterocycles. The molecular weight excluding hydrogens is 388 g/mol. The van der Waals surface area contributed by atoms with E-state index in [0.29, 0.717) is 23.7 Å². The summed E-state index contributed by atoms with van der Waals surface area (Å²) in [6, 6.07) is 16.7. The van der Waals surface area contributed by atoms with Gasteiger partial charge in [-0.3, -0.25) is 4.79 Å². The average Bonchev–Trinajstić information content (AvgIpc) is 3.28. The molecule has 7 heteroatoms. The molecule has 1 unspecified atom stereocenters. The van der Waals surface area contributed by atoms with Gasteiger partial charge in [-0.05, 0) is 59.9 Å². The number of benzene rings is 2. The fourth-order valence-corrected chi connectivity index (χ4v) is 3.56. The molecule has 4 rings (SSSR count). The summed E-state index contributed by atoms with van der Waals surface area (Å²) in [4.78, 5) is 21.1. The maximum absolute atomic E-state index is 13.0. The van der Waals surface area contributed by atoms with E-state index in [4.69, 9.17) is 12.3 Å². The Labute approximate surface area is 180 Å². The maximum atomic E-state index is 13.0. The third-order valence-corrected chi connectivity index (χ3v) is 5.26. The number of nitrogens with two attached hydrogens (primary N) is 1. The highest BCUT2D eigenvalue weighted by Crippen LogP contribution is 2.26. The molecular formula is C24H22N6O. The molecule has 0 spiro atoms. The highest BCUT2D eigenvalue weighted by atomic mass is 16.1. The predicted octanol–water partition coefficient (Wildman–Crippen LogP) is 4.23. The molecule has 0 radical (unpaired) electrons. The minimum Gasteiger partial charge on any atom is -0.359 e. The highest BCUT2D eigenvalue weighted by Gasteiger charge is 2.18. The normalized spacial score (nSPS) is 11.8. The number of amides is 1. The lowest BCUT2D eigenvalue weighted by Crippen LogP contribution is -2.28. The van der Waals surface area contributed by atoms with Crippen LogP contribution >= 0.6 is 0 Å². The number of nitrogens with zero attached hydrogens (tertiary/aromatic N) is 4. The van der Waals surface area contributed by atoms with Crippen molar-refractivity contribution in [2.45, 2.75) is 26.4 Å². The number of aryl methyl sites for hydroxylation is 1. The van der Waals surface area contributed by atoms with Crippen LogP contribution in [0.25, 0.3) is 21.6 Å². The fourth-order valence-electron chi connectivity index (χ4n) is 3.56. The molecule has 0 saturated carbocycles. The van der Waals surface area contributed by atoms with Crippen LogP contribution in [0.3, 0.4) is 0 Å². The molecule has 0 aliphatic rings. The fraction of sp³-hybridized carbons (Fsp3) is 0.167. The Balaban J connectivity index is 1.72. The molecule has 0 fully saturated rings. The first kappa shape index (κ1) is 20.3. The van der Waals surface area contributed by atoms with Crippen molar-refractivity contribution in [3.05, 3.63) is 94.5 Å². The monoisotopic (exact) mass is 410 g/mol. The predicted molar refractivity (Wildman–Crippen MR) is 120 cm³/mol. The number of para-hydroxylation sites is 1. The first-order valence-electron chi connectivity index (χ1n) is 9.94. The van der Waals surface area contributed by atoms with Crippen LogP contribution < -0.4 is 11.1 Å².